The third kappa shape index (κ3) is 1.98. The number of nitrogens with two attached hydrogens (primary N) is 1. The second-order valence-electron chi connectivity index (χ2n) is 2.72. The van der Waals surface area contributed by atoms with Crippen LogP contribution >= 0.6 is 0 Å². The van der Waals surface area contributed by atoms with Gasteiger partial charge in [0.15, 0.2) is 0 Å². The SMILES string of the molecule is Nc1cc(C(=O)O)ccc1[B-](F)(F)F. The van der Waals surface area contributed by atoms with E-state index in [4.69, 9.17) is 10.8 Å². The van der Waals surface area contributed by atoms with Crippen LogP contribution in [0.1, 0.15) is 10.4 Å². The lowest BCUT2D eigenvalue weighted by atomic mass is 9.78. The van der Waals surface area contributed by atoms with E-state index in [2.05, 4.69) is 0 Å². The summed E-state index contributed by atoms with van der Waals surface area (Å²) in [4.78, 5) is 10.4. The van der Waals surface area contributed by atoms with Crippen molar-refractivity contribution in [3.05, 3.63) is 23.8 Å². The zero-order valence-corrected chi connectivity index (χ0v) is 6.88. The van der Waals surface area contributed by atoms with Gasteiger partial charge in [0, 0.05) is 5.69 Å². The molecule has 0 aliphatic rings. The summed E-state index contributed by atoms with van der Waals surface area (Å²) in [6, 6.07) is 2.36. The van der Waals surface area contributed by atoms with Gasteiger partial charge in [-0.3, -0.25) is 0 Å². The molecule has 76 valence electrons. The molecule has 1 aromatic carbocycles. The molecule has 0 bridgehead atoms. The van der Waals surface area contributed by atoms with E-state index >= 15 is 0 Å². The van der Waals surface area contributed by atoms with Crippen molar-refractivity contribution in [1.29, 1.82) is 0 Å². The lowest BCUT2D eigenvalue weighted by Gasteiger charge is -2.17. The highest BCUT2D eigenvalue weighted by Gasteiger charge is 2.28. The van der Waals surface area contributed by atoms with E-state index in [0.29, 0.717) is 6.07 Å². The molecule has 3 nitrogen and oxygen atoms in total. The fourth-order valence-electron chi connectivity index (χ4n) is 1.01. The van der Waals surface area contributed by atoms with Crippen molar-refractivity contribution in [2.24, 2.45) is 0 Å². The monoisotopic (exact) mass is 204 g/mol. The lowest BCUT2D eigenvalue weighted by molar-refractivity contribution is 0.0697. The Hall–Kier alpha value is -1.66. The van der Waals surface area contributed by atoms with Gasteiger partial charge in [0.2, 0.25) is 0 Å². The van der Waals surface area contributed by atoms with Gasteiger partial charge in [-0.25, -0.2) is 4.79 Å². The largest absolute Gasteiger partial charge is 0.511 e. The molecule has 7 heteroatoms. The first-order valence-corrected chi connectivity index (χ1v) is 3.65. The average Bonchev–Trinajstić information content (AvgIpc) is 2.01. The van der Waals surface area contributed by atoms with Crippen LogP contribution in [0.4, 0.5) is 18.6 Å². The molecule has 0 saturated heterocycles. The minimum absolute atomic E-state index is 0.258. The van der Waals surface area contributed by atoms with Crippen LogP contribution in [0.2, 0.25) is 0 Å². The van der Waals surface area contributed by atoms with E-state index in [-0.39, 0.29) is 5.56 Å². The van der Waals surface area contributed by atoms with Crippen molar-refractivity contribution in [2.45, 2.75) is 0 Å². The molecule has 0 fully saturated rings. The number of rotatable bonds is 2. The topological polar surface area (TPSA) is 63.3 Å². The van der Waals surface area contributed by atoms with Gasteiger partial charge in [-0.15, -0.1) is 0 Å². The Morgan fingerprint density at radius 1 is 1.36 bits per heavy atom. The summed E-state index contributed by atoms with van der Waals surface area (Å²) < 4.78 is 36.6. The number of aromatic carboxylic acids is 1. The number of anilines is 1. The third-order valence-corrected chi connectivity index (χ3v) is 1.69. The Balaban J connectivity index is 3.21. The van der Waals surface area contributed by atoms with Gasteiger partial charge in [0.1, 0.15) is 0 Å². The van der Waals surface area contributed by atoms with Crippen LogP contribution in [0, 0.1) is 0 Å². The molecule has 0 amide bonds. The van der Waals surface area contributed by atoms with Crippen molar-refractivity contribution >= 4 is 24.1 Å². The molecule has 0 unspecified atom stereocenters. The summed E-state index contributed by atoms with van der Waals surface area (Å²) in [7, 11) is 0. The number of hydrogen-bond donors (Lipinski definition) is 2. The van der Waals surface area contributed by atoms with Crippen LogP contribution in [-0.4, -0.2) is 18.1 Å². The fourth-order valence-corrected chi connectivity index (χ4v) is 1.01. The Kier molecular flexibility index (Phi) is 2.42. The van der Waals surface area contributed by atoms with Gasteiger partial charge in [-0.1, -0.05) is 17.6 Å². The Bertz CT molecular complexity index is 378. The maximum Gasteiger partial charge on any atom is 0.511 e. The van der Waals surface area contributed by atoms with Crippen molar-refractivity contribution < 1.29 is 22.8 Å². The summed E-state index contributed by atoms with van der Waals surface area (Å²) in [5.41, 5.74) is 3.30. The standard InChI is InChI=1S/C7H6BF3NO2/c9-8(10,11)5-2-1-4(7(13)14)3-6(5)12/h1-3H,12H2,(H,13,14)/q-1. The van der Waals surface area contributed by atoms with Crippen LogP contribution in [0.5, 0.6) is 0 Å². The molecule has 1 rings (SSSR count). The normalized spacial score (nSPS) is 11.4. The van der Waals surface area contributed by atoms with E-state index in [1.54, 1.807) is 0 Å². The highest BCUT2D eigenvalue weighted by Crippen LogP contribution is 2.15. The van der Waals surface area contributed by atoms with Crippen molar-refractivity contribution in [2.75, 3.05) is 5.73 Å². The number of carbonyl (C=O) groups is 1. The minimum atomic E-state index is -5.18. The van der Waals surface area contributed by atoms with Gasteiger partial charge >= 0.3 is 12.9 Å². The van der Waals surface area contributed by atoms with Gasteiger partial charge in [-0.05, 0) is 6.07 Å². The summed E-state index contributed by atoms with van der Waals surface area (Å²) in [6.07, 6.45) is 0. The Labute approximate surface area is 77.4 Å². The molecule has 0 atom stereocenters. The van der Waals surface area contributed by atoms with Crippen LogP contribution < -0.4 is 11.2 Å². The second-order valence-corrected chi connectivity index (χ2v) is 2.72. The zero-order chi connectivity index (χ0) is 10.9. The Morgan fingerprint density at radius 2 is 1.93 bits per heavy atom. The smallest absolute Gasteiger partial charge is 0.478 e. The van der Waals surface area contributed by atoms with Crippen molar-refractivity contribution in [3.63, 3.8) is 0 Å². The zero-order valence-electron chi connectivity index (χ0n) is 6.88. The highest BCUT2D eigenvalue weighted by molar-refractivity contribution is 6.75. The van der Waals surface area contributed by atoms with Crippen molar-refractivity contribution in [1.82, 2.24) is 0 Å². The van der Waals surface area contributed by atoms with Crippen LogP contribution in [0.3, 0.4) is 0 Å². The molecule has 0 heterocycles. The molecule has 0 aliphatic carbocycles. The lowest BCUT2D eigenvalue weighted by Crippen LogP contribution is -2.36. The van der Waals surface area contributed by atoms with Crippen molar-refractivity contribution in [3.8, 4) is 0 Å². The minimum Gasteiger partial charge on any atom is -0.478 e. The number of carboxylic acid groups (broad SMARTS) is 1. The van der Waals surface area contributed by atoms with Gasteiger partial charge in [0.25, 0.3) is 0 Å². The molecular formula is C7H6BF3NO2-. The summed E-state index contributed by atoms with van der Waals surface area (Å²) in [5, 5.41) is 8.47. The quantitative estimate of drug-likeness (QED) is 0.558. The van der Waals surface area contributed by atoms with E-state index in [9.17, 15) is 17.7 Å². The molecule has 0 aromatic heterocycles. The van der Waals surface area contributed by atoms with Crippen LogP contribution in [0.25, 0.3) is 0 Å². The third-order valence-electron chi connectivity index (χ3n) is 1.69. The maximum absolute atomic E-state index is 12.2. The first-order valence-electron chi connectivity index (χ1n) is 3.65. The molecule has 14 heavy (non-hydrogen) atoms. The molecule has 1 aromatic rings. The highest BCUT2D eigenvalue weighted by atomic mass is 19.4. The van der Waals surface area contributed by atoms with E-state index in [0.717, 1.165) is 12.1 Å². The van der Waals surface area contributed by atoms with Crippen LogP contribution in [0.15, 0.2) is 18.2 Å². The second kappa shape index (κ2) is 3.24. The van der Waals surface area contributed by atoms with E-state index in [1.165, 1.54) is 0 Å². The predicted octanol–water partition coefficient (Wildman–Crippen LogP) is 1.02. The Morgan fingerprint density at radius 3 is 2.29 bits per heavy atom. The molecule has 0 saturated carbocycles. The molecule has 0 aliphatic heterocycles. The van der Waals surface area contributed by atoms with E-state index < -0.39 is 24.1 Å². The molecule has 0 radical (unpaired) electrons. The average molecular weight is 204 g/mol. The number of carboxylic acids is 1. The summed E-state index contributed by atoms with van der Waals surface area (Å²) >= 11 is 0. The summed E-state index contributed by atoms with van der Waals surface area (Å²) in [6.45, 7) is -5.18. The predicted molar refractivity (Wildman–Crippen MR) is 46.5 cm³/mol. The fraction of sp³-hybridized carbons (Fsp3) is 0. The van der Waals surface area contributed by atoms with Crippen LogP contribution in [-0.2, 0) is 0 Å². The van der Waals surface area contributed by atoms with Gasteiger partial charge in [-0.2, -0.15) is 0 Å². The number of nitrogen functional groups attached to an aromatic ring is 1. The number of halogens is 3. The molecular weight excluding hydrogens is 198 g/mol. The first-order chi connectivity index (χ1) is 6.32. The van der Waals surface area contributed by atoms with Gasteiger partial charge < -0.3 is 23.8 Å². The number of benzene rings is 1. The van der Waals surface area contributed by atoms with E-state index in [1.807, 2.05) is 0 Å². The summed E-state index contributed by atoms with van der Waals surface area (Å²) in [5.74, 6) is -1.31. The first kappa shape index (κ1) is 10.4. The molecule has 3 N–H and O–H groups in total. The van der Waals surface area contributed by atoms with Gasteiger partial charge in [0.05, 0.1) is 5.56 Å². The number of hydrogen-bond acceptors (Lipinski definition) is 2. The maximum atomic E-state index is 12.2. The molecule has 0 spiro atoms.